The Hall–Kier alpha value is -9.84. The highest BCUT2D eigenvalue weighted by atomic mass is 79.9. The van der Waals surface area contributed by atoms with E-state index >= 15 is 0 Å². The second kappa shape index (κ2) is 99.3. The minimum Gasteiger partial charge on any atom is -0.466 e. The number of ether oxygens (including phenoxy) is 15. The Kier molecular flexibility index (Phi) is 103. The zero-order chi connectivity index (χ0) is 109. The molecule has 0 radical (unpaired) electrons. The van der Waals surface area contributed by atoms with Gasteiger partial charge in [-0.2, -0.15) is 8.42 Å². The van der Waals surface area contributed by atoms with E-state index in [9.17, 15) is 94.7 Å². The molecular formula is C94H137BrCl7NO36S. The second-order valence-corrected chi connectivity index (χ2v) is 33.0. The van der Waals surface area contributed by atoms with E-state index in [1.54, 1.807) is 67.5 Å². The van der Waals surface area contributed by atoms with Gasteiger partial charge in [0.15, 0.2) is 0 Å². The average Bonchev–Trinajstić information content (AvgIpc) is 0.845. The van der Waals surface area contributed by atoms with Crippen molar-refractivity contribution in [2.45, 2.75) is 189 Å². The number of esters is 15. The van der Waals surface area contributed by atoms with Crippen LogP contribution in [0.2, 0.25) is 0 Å². The van der Waals surface area contributed by atoms with Crippen molar-refractivity contribution < 1.29 is 170 Å². The Morgan fingerprint density at radius 2 is 0.607 bits per heavy atom. The number of amides is 1. The van der Waals surface area contributed by atoms with E-state index in [1.165, 1.54) is 19.1 Å². The van der Waals surface area contributed by atoms with Gasteiger partial charge < -0.3 is 76.4 Å². The number of hydrogen-bond donors (Lipinski definition) is 1. The number of carbonyl (C=O) groups is 18. The minimum absolute atomic E-state index is 0.0215. The fraction of sp³-hybridized carbons (Fsp3) is 0.553. The summed E-state index contributed by atoms with van der Waals surface area (Å²) in [7, 11) is -3.91. The van der Waals surface area contributed by atoms with Gasteiger partial charge >= 0.3 is 89.5 Å². The molecule has 1 atom stereocenters. The third-order valence-electron chi connectivity index (χ3n) is 14.3. The fourth-order valence-electron chi connectivity index (χ4n) is 7.20. The van der Waals surface area contributed by atoms with Gasteiger partial charge in [-0.1, -0.05) is 92.8 Å². The van der Waals surface area contributed by atoms with Crippen LogP contribution in [-0.2, 0) is 172 Å². The summed E-state index contributed by atoms with van der Waals surface area (Å²) in [6, 6.07) is 6.16. The van der Waals surface area contributed by atoms with Gasteiger partial charge in [0.25, 0.3) is 10.1 Å². The van der Waals surface area contributed by atoms with Crippen molar-refractivity contribution in [3.8, 4) is 0 Å². The smallest absolute Gasteiger partial charge is 0.333 e. The molecule has 0 bridgehead atoms. The predicted molar refractivity (Wildman–Crippen MR) is 532 cm³/mol. The number of aryl methyl sites for hydroxylation is 1. The third-order valence-corrected chi connectivity index (χ3v) is 17.4. The molecule has 0 aliphatic carbocycles. The topological polar surface area (TPSA) is 501 Å². The molecule has 0 saturated carbocycles. The molecule has 1 rings (SSSR count). The highest BCUT2D eigenvalue weighted by molar-refractivity contribution is 9.09. The number of Topliss-reactive ketones (excluding diaryl/α,β-unsaturated/α-hetero) is 2. The van der Waals surface area contributed by atoms with E-state index in [1.807, 2.05) is 6.92 Å². The summed E-state index contributed by atoms with van der Waals surface area (Å²) in [5.41, 5.74) is 3.73. The van der Waals surface area contributed by atoms with Crippen molar-refractivity contribution in [2.24, 2.45) is 0 Å². The van der Waals surface area contributed by atoms with E-state index in [0.29, 0.717) is 134 Å². The summed E-state index contributed by atoms with van der Waals surface area (Å²) in [4.78, 5) is 196. The average molecular weight is 2220 g/mol. The largest absolute Gasteiger partial charge is 0.466 e. The van der Waals surface area contributed by atoms with Gasteiger partial charge in [-0.15, -0.1) is 81.2 Å². The van der Waals surface area contributed by atoms with Crippen LogP contribution in [0.4, 0.5) is 0 Å². The maximum atomic E-state index is 11.9. The number of halogens is 8. The lowest BCUT2D eigenvalue weighted by Gasteiger charge is -2.12. The Balaban J connectivity index is -0.000000235. The Morgan fingerprint density at radius 1 is 0.329 bits per heavy atom. The maximum absolute atomic E-state index is 11.9. The molecule has 0 fully saturated rings. The lowest BCUT2D eigenvalue weighted by molar-refractivity contribution is -0.155. The van der Waals surface area contributed by atoms with E-state index in [0.717, 1.165) is 30.9 Å². The standard InChI is InChI=1S/C16H20O7S.C12H19ClO3.C11H17ClO4.C10H15ClO4.C10H15ClO3.C9H13BrO4.C9H14ClNO3.C9H13ClO4.C8H11ClO4/c1-12(2)16(18)22-11-10-21-15(17)8-9-23-24(19,20)14-6-4-13(3)5-7-14;1-10(2)12(15)16-9-5-3-4-6-11(14)7-8-13;1-9(2)11(14)16-8-4-3-7-15-10(13)5-6-12;1-7(2)10(13)14-6-8(3)15-9(12)4-5-11;1-8(2)10(13)14-7-3-4-9(12)5-6-11;1-7(2)9(12)14-6-5-13-8(11)3-4-10;1-7(2)9(13)11-5-6-14-8(12)3-4-10;1-7(2)9(12)14-6-5-13-8(11)3-4-10;1-2-7(10)12-5-6-13-8(11)3-4-9/h4-7H,1,8-11H2,2-3H3;1,3-9H2,2H3;1,3-8H2,2H3;8H,1,4-6H2,2-3H3;1,3-7H2,2H3;1,3-6H2,2H3;1,3-6H2,2H3,(H,11,13);1,3-6H2,2H3;2H,1,3-6H2. The van der Waals surface area contributed by atoms with Crippen molar-refractivity contribution >= 4 is 214 Å². The van der Waals surface area contributed by atoms with Gasteiger partial charge in [0.1, 0.15) is 83.7 Å². The zero-order valence-electron chi connectivity index (χ0n) is 81.4. The summed E-state index contributed by atoms with van der Waals surface area (Å²) in [6.45, 7) is 48.3. The van der Waals surface area contributed by atoms with Crippen LogP contribution >= 0.6 is 97.1 Å². The Morgan fingerprint density at radius 3 is 0.943 bits per heavy atom. The first-order chi connectivity index (χ1) is 65.8. The predicted octanol–water partition coefficient (Wildman–Crippen LogP) is 14.9. The molecule has 796 valence electrons. The highest BCUT2D eigenvalue weighted by Crippen LogP contribution is 2.15. The first-order valence-electron chi connectivity index (χ1n) is 43.0. The van der Waals surface area contributed by atoms with Crippen molar-refractivity contribution in [1.29, 1.82) is 0 Å². The van der Waals surface area contributed by atoms with E-state index in [-0.39, 0.29) is 205 Å². The van der Waals surface area contributed by atoms with Gasteiger partial charge in [0.05, 0.1) is 89.4 Å². The Labute approximate surface area is 864 Å². The molecule has 1 aromatic rings. The van der Waals surface area contributed by atoms with E-state index in [2.05, 4.69) is 99.4 Å². The maximum Gasteiger partial charge on any atom is 0.333 e. The fourth-order valence-corrected chi connectivity index (χ4v) is 9.62. The molecule has 46 heteroatoms. The molecular weight excluding hydrogens is 2080 g/mol. The molecule has 0 aliphatic heterocycles. The third kappa shape index (κ3) is 105. The first kappa shape index (κ1) is 146. The van der Waals surface area contributed by atoms with Crippen molar-refractivity contribution in [2.75, 3.05) is 152 Å². The van der Waals surface area contributed by atoms with Gasteiger partial charge in [-0.05, 0) is 120 Å². The zero-order valence-corrected chi connectivity index (χ0v) is 89.1. The van der Waals surface area contributed by atoms with Crippen LogP contribution in [0.25, 0.3) is 0 Å². The first-order valence-corrected chi connectivity index (χ1v) is 49.2. The summed E-state index contributed by atoms with van der Waals surface area (Å²) in [5.74, 6) is -4.50. The van der Waals surface area contributed by atoms with Crippen LogP contribution in [0.15, 0.2) is 139 Å². The second-order valence-electron chi connectivity index (χ2n) is 28.0. The van der Waals surface area contributed by atoms with E-state index in [4.69, 9.17) is 137 Å². The summed E-state index contributed by atoms with van der Waals surface area (Å²) < 4.78 is 99.9. The van der Waals surface area contributed by atoms with Gasteiger partial charge in [-0.25, -0.2) is 38.4 Å². The normalized spacial score (nSPS) is 9.93. The number of rotatable bonds is 63. The molecule has 0 saturated heterocycles. The quantitative estimate of drug-likeness (QED) is 0.0158. The molecule has 1 unspecified atom stereocenters. The molecule has 0 aliphatic rings. The van der Waals surface area contributed by atoms with Crippen LogP contribution in [0.5, 0.6) is 0 Å². The number of carbonyl (C=O) groups excluding carboxylic acids is 18. The van der Waals surface area contributed by atoms with Crippen molar-refractivity contribution in [3.63, 3.8) is 0 Å². The number of alkyl halides is 8. The lowest BCUT2D eigenvalue weighted by atomic mass is 10.1. The monoisotopic (exact) mass is 2210 g/mol. The van der Waals surface area contributed by atoms with Crippen LogP contribution in [0.3, 0.4) is 0 Å². The van der Waals surface area contributed by atoms with Crippen LogP contribution < -0.4 is 5.32 Å². The van der Waals surface area contributed by atoms with Crippen molar-refractivity contribution in [1.82, 2.24) is 5.32 Å². The highest BCUT2D eigenvalue weighted by Gasteiger charge is 2.19. The Bertz CT molecular complexity index is 3880. The van der Waals surface area contributed by atoms with Crippen molar-refractivity contribution in [3.05, 3.63) is 140 Å². The summed E-state index contributed by atoms with van der Waals surface area (Å²) in [6.07, 6.45) is 7.75. The minimum atomic E-state index is -3.91. The molecule has 1 N–H and O–H groups in total. The number of ketones is 2. The molecule has 1 aromatic carbocycles. The van der Waals surface area contributed by atoms with Crippen LogP contribution in [-0.4, -0.2) is 274 Å². The van der Waals surface area contributed by atoms with Gasteiger partial charge in [-0.3, -0.25) is 52.1 Å². The summed E-state index contributed by atoms with van der Waals surface area (Å²) in [5, 5.41) is 3.10. The van der Waals surface area contributed by atoms with Gasteiger partial charge in [0, 0.05) is 123 Å². The lowest BCUT2D eigenvalue weighted by Crippen LogP contribution is -2.28. The molecule has 37 nitrogen and oxygen atoms in total. The molecule has 0 heterocycles. The molecule has 1 amide bonds. The van der Waals surface area contributed by atoms with Crippen LogP contribution in [0, 0.1) is 6.92 Å². The number of benzene rings is 1. The summed E-state index contributed by atoms with van der Waals surface area (Å²) >= 11 is 40.5. The SMILES string of the molecule is C=C(C)C(=O)NCCOC(=O)CCCl.C=C(C)C(=O)OCC(C)OC(=O)CCCl.C=C(C)C(=O)OCCCC(=O)CCCl.C=C(C)C(=O)OCCCCCC(=O)CCCl.C=C(C)C(=O)OCCCCOC(=O)CCCl.C=C(C)C(=O)OCCOC(=O)CCBr.C=C(C)C(=O)OCCOC(=O)CCCl.C=C(C)C(=O)OCCOC(=O)CCOS(=O)(=O)c1ccc(C)cc1.C=CC(=O)OCCOC(=O)CCCl. The van der Waals surface area contributed by atoms with Crippen LogP contribution in [0.1, 0.15) is 177 Å². The van der Waals surface area contributed by atoms with Gasteiger partial charge in [0.2, 0.25) is 5.91 Å². The van der Waals surface area contributed by atoms with E-state index < -0.39 is 75.9 Å². The molecule has 140 heavy (non-hydrogen) atoms. The molecule has 0 aromatic heterocycles. The number of unbranched alkanes of at least 4 members (excludes halogenated alkanes) is 3. The number of hydrogen-bond acceptors (Lipinski definition) is 36. The number of nitrogens with one attached hydrogen (secondary N) is 1. The molecule has 0 spiro atoms.